The van der Waals surface area contributed by atoms with Gasteiger partial charge in [0.2, 0.25) is 0 Å². The van der Waals surface area contributed by atoms with Crippen LogP contribution in [0.4, 0.5) is 11.4 Å². The minimum absolute atomic E-state index is 0.566. The van der Waals surface area contributed by atoms with Gasteiger partial charge < -0.3 is 15.1 Å². The minimum Gasteiger partial charge on any atom is -0.378 e. The quantitative estimate of drug-likeness (QED) is 0.884. The van der Waals surface area contributed by atoms with Gasteiger partial charge in [-0.3, -0.25) is 0 Å². The lowest BCUT2D eigenvalue weighted by molar-refractivity contribution is 0.402. The first kappa shape index (κ1) is 13.2. The fourth-order valence-electron chi connectivity index (χ4n) is 2.59. The number of rotatable bonds is 3. The third kappa shape index (κ3) is 2.78. The van der Waals surface area contributed by atoms with Crippen LogP contribution in [0.5, 0.6) is 0 Å². The largest absolute Gasteiger partial charge is 0.378 e. The Labute approximate surface area is 111 Å². The van der Waals surface area contributed by atoms with E-state index >= 15 is 0 Å². The Morgan fingerprint density at radius 1 is 1.39 bits per heavy atom. The van der Waals surface area contributed by atoms with Gasteiger partial charge in [-0.05, 0) is 31.5 Å². The monoisotopic (exact) mass is 247 g/mol. The fraction of sp³-hybridized carbons (Fsp3) is 0.600. The minimum atomic E-state index is 0.566. The molecule has 0 aromatic heterocycles. The zero-order chi connectivity index (χ0) is 13.1. The molecule has 1 aromatic rings. The Kier molecular flexibility index (Phi) is 4.12. The Hall–Kier alpha value is -1.22. The Morgan fingerprint density at radius 2 is 2.17 bits per heavy atom. The van der Waals surface area contributed by atoms with E-state index in [1.165, 1.54) is 17.8 Å². The molecule has 1 heterocycles. The molecule has 1 N–H and O–H groups in total. The molecule has 2 unspecified atom stereocenters. The SMILES string of the molecule is CCC1CNC(C)CN1c1cccc(N(C)C)c1. The van der Waals surface area contributed by atoms with Gasteiger partial charge in [-0.1, -0.05) is 13.0 Å². The lowest BCUT2D eigenvalue weighted by Gasteiger charge is -2.41. The highest BCUT2D eigenvalue weighted by Crippen LogP contribution is 2.25. The highest BCUT2D eigenvalue weighted by Gasteiger charge is 2.24. The van der Waals surface area contributed by atoms with Crippen LogP contribution in [-0.2, 0) is 0 Å². The van der Waals surface area contributed by atoms with Gasteiger partial charge >= 0.3 is 0 Å². The van der Waals surface area contributed by atoms with Crippen molar-refractivity contribution in [3.8, 4) is 0 Å². The van der Waals surface area contributed by atoms with E-state index in [0.29, 0.717) is 12.1 Å². The van der Waals surface area contributed by atoms with E-state index in [1.807, 2.05) is 0 Å². The van der Waals surface area contributed by atoms with Gasteiger partial charge in [0, 0.05) is 50.6 Å². The van der Waals surface area contributed by atoms with Crippen LogP contribution < -0.4 is 15.1 Å². The molecule has 1 aromatic carbocycles. The van der Waals surface area contributed by atoms with Crippen molar-refractivity contribution in [2.45, 2.75) is 32.4 Å². The number of nitrogens with zero attached hydrogens (tertiary/aromatic N) is 2. The van der Waals surface area contributed by atoms with Crippen LogP contribution in [0.2, 0.25) is 0 Å². The molecule has 1 saturated heterocycles. The molecule has 0 bridgehead atoms. The standard InChI is InChI=1S/C15H25N3/c1-5-13-10-16-12(2)11-18(13)15-8-6-7-14(9-15)17(3)4/h6-9,12-13,16H,5,10-11H2,1-4H3. The van der Waals surface area contributed by atoms with Crippen molar-refractivity contribution in [2.75, 3.05) is 37.0 Å². The molecule has 1 aliphatic heterocycles. The average Bonchev–Trinajstić information content (AvgIpc) is 2.39. The summed E-state index contributed by atoms with van der Waals surface area (Å²) in [4.78, 5) is 4.71. The second-order valence-electron chi connectivity index (χ2n) is 5.44. The lowest BCUT2D eigenvalue weighted by atomic mass is 10.1. The van der Waals surface area contributed by atoms with Crippen molar-refractivity contribution in [3.63, 3.8) is 0 Å². The molecule has 3 nitrogen and oxygen atoms in total. The molecule has 0 saturated carbocycles. The summed E-state index contributed by atoms with van der Waals surface area (Å²) in [6.45, 7) is 6.71. The molecule has 0 spiro atoms. The predicted octanol–water partition coefficient (Wildman–Crippen LogP) is 2.33. The summed E-state index contributed by atoms with van der Waals surface area (Å²) in [5.74, 6) is 0. The normalized spacial score (nSPS) is 24.1. The van der Waals surface area contributed by atoms with Gasteiger partial charge in [-0.25, -0.2) is 0 Å². The molecule has 1 aliphatic rings. The summed E-state index contributed by atoms with van der Waals surface area (Å²) in [5.41, 5.74) is 2.62. The van der Waals surface area contributed by atoms with Gasteiger partial charge in [-0.2, -0.15) is 0 Å². The summed E-state index contributed by atoms with van der Waals surface area (Å²) < 4.78 is 0. The summed E-state index contributed by atoms with van der Waals surface area (Å²) in [7, 11) is 4.19. The van der Waals surface area contributed by atoms with E-state index in [-0.39, 0.29) is 0 Å². The topological polar surface area (TPSA) is 18.5 Å². The van der Waals surface area contributed by atoms with Crippen LogP contribution >= 0.6 is 0 Å². The zero-order valence-electron chi connectivity index (χ0n) is 12.0. The van der Waals surface area contributed by atoms with Crippen LogP contribution in [-0.4, -0.2) is 39.3 Å². The number of benzene rings is 1. The van der Waals surface area contributed by atoms with E-state index in [9.17, 15) is 0 Å². The summed E-state index contributed by atoms with van der Waals surface area (Å²) in [5, 5.41) is 3.57. The van der Waals surface area contributed by atoms with Gasteiger partial charge in [0.1, 0.15) is 0 Å². The Balaban J connectivity index is 2.24. The zero-order valence-corrected chi connectivity index (χ0v) is 12.0. The number of hydrogen-bond donors (Lipinski definition) is 1. The molecular weight excluding hydrogens is 222 g/mol. The molecule has 100 valence electrons. The molecule has 3 heteroatoms. The summed E-state index contributed by atoms with van der Waals surface area (Å²) in [6.07, 6.45) is 1.19. The van der Waals surface area contributed by atoms with E-state index in [0.717, 1.165) is 13.1 Å². The molecule has 18 heavy (non-hydrogen) atoms. The van der Waals surface area contributed by atoms with Gasteiger partial charge in [-0.15, -0.1) is 0 Å². The Bertz CT molecular complexity index is 389. The van der Waals surface area contributed by atoms with Crippen molar-refractivity contribution in [3.05, 3.63) is 24.3 Å². The fourth-order valence-corrected chi connectivity index (χ4v) is 2.59. The maximum absolute atomic E-state index is 3.57. The summed E-state index contributed by atoms with van der Waals surface area (Å²) in [6, 6.07) is 10.0. The maximum atomic E-state index is 3.57. The molecular formula is C15H25N3. The van der Waals surface area contributed by atoms with Crippen molar-refractivity contribution >= 4 is 11.4 Å². The highest BCUT2D eigenvalue weighted by molar-refractivity contribution is 5.59. The second-order valence-corrected chi connectivity index (χ2v) is 5.44. The van der Waals surface area contributed by atoms with E-state index in [4.69, 9.17) is 0 Å². The van der Waals surface area contributed by atoms with Crippen molar-refractivity contribution in [1.29, 1.82) is 0 Å². The van der Waals surface area contributed by atoms with E-state index < -0.39 is 0 Å². The second kappa shape index (κ2) is 5.61. The van der Waals surface area contributed by atoms with Crippen LogP contribution in [0.25, 0.3) is 0 Å². The van der Waals surface area contributed by atoms with Crippen molar-refractivity contribution in [1.82, 2.24) is 5.32 Å². The molecule has 1 fully saturated rings. The van der Waals surface area contributed by atoms with Gasteiger partial charge in [0.05, 0.1) is 0 Å². The van der Waals surface area contributed by atoms with Crippen LogP contribution in [0, 0.1) is 0 Å². The van der Waals surface area contributed by atoms with E-state index in [1.54, 1.807) is 0 Å². The molecule has 0 radical (unpaired) electrons. The van der Waals surface area contributed by atoms with Crippen LogP contribution in [0.3, 0.4) is 0 Å². The summed E-state index contributed by atoms with van der Waals surface area (Å²) >= 11 is 0. The average molecular weight is 247 g/mol. The molecule has 0 aliphatic carbocycles. The van der Waals surface area contributed by atoms with Crippen molar-refractivity contribution in [2.24, 2.45) is 0 Å². The highest BCUT2D eigenvalue weighted by atomic mass is 15.2. The van der Waals surface area contributed by atoms with Crippen LogP contribution in [0.15, 0.2) is 24.3 Å². The smallest absolute Gasteiger partial charge is 0.0412 e. The molecule has 0 amide bonds. The first-order valence-corrected chi connectivity index (χ1v) is 6.89. The van der Waals surface area contributed by atoms with Gasteiger partial charge in [0.15, 0.2) is 0 Å². The van der Waals surface area contributed by atoms with E-state index in [2.05, 4.69) is 67.3 Å². The maximum Gasteiger partial charge on any atom is 0.0412 e. The third-order valence-electron chi connectivity index (χ3n) is 3.76. The molecule has 2 atom stereocenters. The lowest BCUT2D eigenvalue weighted by Crippen LogP contribution is -2.55. The third-order valence-corrected chi connectivity index (χ3v) is 3.76. The number of piperazine rings is 1. The molecule has 2 rings (SSSR count). The number of anilines is 2. The first-order chi connectivity index (χ1) is 8.61. The van der Waals surface area contributed by atoms with Crippen molar-refractivity contribution < 1.29 is 0 Å². The van der Waals surface area contributed by atoms with Crippen LogP contribution in [0.1, 0.15) is 20.3 Å². The van der Waals surface area contributed by atoms with Gasteiger partial charge in [0.25, 0.3) is 0 Å². The number of nitrogens with one attached hydrogen (secondary N) is 1. The number of hydrogen-bond acceptors (Lipinski definition) is 3. The first-order valence-electron chi connectivity index (χ1n) is 6.89. The predicted molar refractivity (Wildman–Crippen MR) is 79.7 cm³/mol. The Morgan fingerprint density at radius 3 is 2.83 bits per heavy atom.